The van der Waals surface area contributed by atoms with Crippen molar-refractivity contribution >= 4 is 117 Å². The predicted molar refractivity (Wildman–Crippen MR) is 476 cm³/mol. The first kappa shape index (κ1) is 99.6. The maximum absolute atomic E-state index is 15.4. The number of carbonyl (C=O) groups excluding carboxylic acids is 16. The number of aromatic nitrogens is 2. The Bertz CT molecular complexity index is 5010. The van der Waals surface area contributed by atoms with E-state index in [0.29, 0.717) is 57.1 Å². The van der Waals surface area contributed by atoms with Gasteiger partial charge in [-0.3, -0.25) is 81.7 Å². The van der Waals surface area contributed by atoms with E-state index in [4.69, 9.17) is 17.2 Å². The molecule has 16 amide bonds. The Morgan fingerprint density at radius 3 is 1.49 bits per heavy atom. The van der Waals surface area contributed by atoms with Crippen LogP contribution in [0.25, 0.3) is 10.9 Å². The summed E-state index contributed by atoms with van der Waals surface area (Å²) in [5.41, 5.74) is 20.7. The van der Waals surface area contributed by atoms with E-state index in [1.165, 1.54) is 89.1 Å². The molecule has 2 aromatic heterocycles. The summed E-state index contributed by atoms with van der Waals surface area (Å²) < 4.78 is 0. The molecule has 0 unspecified atom stereocenters. The third kappa shape index (κ3) is 30.5. The molecule has 3 heterocycles. The lowest BCUT2D eigenvalue weighted by molar-refractivity contribution is -0.147. The number of hydrogen-bond acceptors (Lipinski definition) is 21. The Morgan fingerprint density at radius 2 is 0.930 bits per heavy atom. The number of benzene rings is 5. The van der Waals surface area contributed by atoms with Gasteiger partial charge in [-0.1, -0.05) is 137 Å². The van der Waals surface area contributed by atoms with Crippen LogP contribution in [0.15, 0.2) is 164 Å². The number of carbonyl (C=O) groups is 16. The van der Waals surface area contributed by atoms with Crippen molar-refractivity contribution in [3.8, 4) is 11.5 Å². The largest absolute Gasteiger partial charge is 0.508 e. The van der Waals surface area contributed by atoms with Gasteiger partial charge in [-0.05, 0) is 108 Å². The number of thioether (sulfide) groups is 1. The molecule has 1 fully saturated rings. The van der Waals surface area contributed by atoms with Gasteiger partial charge in [0.25, 0.3) is 0 Å². The number of pyridine rings is 1. The van der Waals surface area contributed by atoms with Crippen molar-refractivity contribution in [3.63, 3.8) is 0 Å². The van der Waals surface area contributed by atoms with Crippen molar-refractivity contribution in [3.05, 3.63) is 198 Å². The van der Waals surface area contributed by atoms with Gasteiger partial charge >= 0.3 is 0 Å². The topological polar surface area (TPSA) is 554 Å². The van der Waals surface area contributed by atoms with Crippen LogP contribution in [0.3, 0.4) is 0 Å². The van der Waals surface area contributed by atoms with Crippen molar-refractivity contribution in [1.29, 1.82) is 0 Å². The number of unbranched alkanes of at least 4 members (excludes halogenated alkanes) is 1. The summed E-state index contributed by atoms with van der Waals surface area (Å²) in [7, 11) is 5.16. The molecule has 19 N–H and O–H groups in total. The number of phenolic OH excluding ortho intramolecular Hbond substituents is 2. The third-order valence-electron chi connectivity index (χ3n) is 21.5. The molecular weight excluding hydrogens is 1670 g/mol. The summed E-state index contributed by atoms with van der Waals surface area (Å²) in [5, 5.41) is 48.0. The fourth-order valence-electron chi connectivity index (χ4n) is 14.5. The zero-order valence-corrected chi connectivity index (χ0v) is 73.4. The zero-order chi connectivity index (χ0) is 93.3. The van der Waals surface area contributed by atoms with Crippen LogP contribution in [0, 0.1) is 5.92 Å². The first-order valence-electron chi connectivity index (χ1n) is 42.0. The van der Waals surface area contributed by atoms with E-state index >= 15 is 33.6 Å². The molecule has 8 rings (SSSR count). The molecule has 11 atom stereocenters. The summed E-state index contributed by atoms with van der Waals surface area (Å²) in [6.07, 6.45) is 3.14. The van der Waals surface area contributed by atoms with Crippen LogP contribution in [0.4, 0.5) is 0 Å². The Kier molecular flexibility index (Phi) is 38.3. The second-order valence-electron chi connectivity index (χ2n) is 31.9. The van der Waals surface area contributed by atoms with Crippen LogP contribution < -0.4 is 70.4 Å². The monoisotopic (exact) mass is 1780 g/mol. The molecule has 684 valence electrons. The number of amides is 16. The maximum atomic E-state index is 15.4. The van der Waals surface area contributed by atoms with Gasteiger partial charge in [0, 0.05) is 102 Å². The number of hydrogen-bond donors (Lipinski definition) is 16. The highest BCUT2D eigenvalue weighted by Gasteiger charge is 2.41. The fraction of sp³-hybridized carbons (Fsp3) is 0.411. The summed E-state index contributed by atoms with van der Waals surface area (Å²) >= 11 is 0.804. The van der Waals surface area contributed by atoms with Gasteiger partial charge in [-0.25, -0.2) is 0 Å². The average molecular weight is 1780 g/mol. The number of para-hydroxylation sites is 1. The molecule has 37 nitrogen and oxygen atoms in total. The maximum Gasteiger partial charge on any atom is 0.245 e. The van der Waals surface area contributed by atoms with Crippen LogP contribution >= 0.6 is 11.8 Å². The number of phenols is 2. The number of fused-ring (bicyclic) bond motifs is 1. The van der Waals surface area contributed by atoms with Gasteiger partial charge in [-0.2, -0.15) is 0 Å². The van der Waals surface area contributed by atoms with Gasteiger partial charge in [0.15, 0.2) is 0 Å². The molecule has 0 saturated carbocycles. The quantitative estimate of drug-likeness (QED) is 0.0362. The Morgan fingerprint density at radius 1 is 0.469 bits per heavy atom. The van der Waals surface area contributed by atoms with Crippen molar-refractivity contribution in [1.82, 2.24) is 82.7 Å². The standard InChI is InChI=1S/C90H115N19O18S/c1-8-9-26-72-89(126)107(5)50-77(115)98-68(46-74(92)112)85(122)105-79(53(2)3)90(127)109(7)73(44-55-21-14-11-15-22-55)86(123)103-69(42-57-29-33-61(111)34-30-57)87(124)106(4)49-76(114)97-67(45-59-47-95-63-24-17-16-23-62(59)63)84(121)101-66(41-56-27-31-60(110)32-28-56)83(120)100-64(25-18-37-91)81(118)104-71(80(117)96-48-75(93)113)51-128-52-78(116)99-65(40-54-19-12-10-13-20-54)82(119)102-70(88(125)108(72)6)43-58-35-38-94-39-36-58/h10-17,19-24,27-36,38-39,47,53,64-73,79,95,110-111H,8-9,18,25-26,37,40-46,48-52,91H2,1-7H3,(H2,92,112)(H2,93,113)(H,96,117)(H,97,114)(H,98,115)(H,99,116)(H,100,120)(H,101,121)(H,102,119)(H,103,123)(H,104,118)(H,105,122)/t64-,65-,66-,67-,68-,69-,70-,71-,72-,73-,79-/m0/s1. The van der Waals surface area contributed by atoms with E-state index < -0.39 is 204 Å². The number of nitrogens with one attached hydrogen (secondary N) is 11. The van der Waals surface area contributed by atoms with Crippen molar-refractivity contribution in [2.75, 3.05) is 65.9 Å². The van der Waals surface area contributed by atoms with E-state index in [0.717, 1.165) is 31.4 Å². The number of nitrogens with two attached hydrogens (primary N) is 3. The molecule has 1 aliphatic heterocycles. The Labute approximate surface area is 745 Å². The highest BCUT2D eigenvalue weighted by atomic mass is 32.2. The number of likely N-dealkylation sites (N-methyl/N-ethyl adjacent to an activating group) is 4. The lowest BCUT2D eigenvalue weighted by atomic mass is 9.98. The van der Waals surface area contributed by atoms with Crippen LogP contribution in [0.2, 0.25) is 0 Å². The molecule has 0 radical (unpaired) electrons. The number of nitrogens with zero attached hydrogens (tertiary/aromatic N) is 5. The van der Waals surface area contributed by atoms with E-state index in [2.05, 4.69) is 63.1 Å². The normalized spacial score (nSPS) is 21.9. The van der Waals surface area contributed by atoms with E-state index in [-0.39, 0.29) is 75.8 Å². The zero-order valence-electron chi connectivity index (χ0n) is 72.5. The summed E-state index contributed by atoms with van der Waals surface area (Å²) in [4.78, 5) is 245. The van der Waals surface area contributed by atoms with Gasteiger partial charge in [0.05, 0.1) is 31.8 Å². The summed E-state index contributed by atoms with van der Waals surface area (Å²) in [6.45, 7) is 2.70. The van der Waals surface area contributed by atoms with Crippen LogP contribution in [-0.2, 0) is 115 Å². The molecule has 1 aliphatic rings. The number of primary amides is 2. The number of rotatable bonds is 24. The molecular formula is C90H115N19O18S. The van der Waals surface area contributed by atoms with Crippen molar-refractivity contribution in [2.45, 2.75) is 164 Å². The minimum absolute atomic E-state index is 0.0200. The SMILES string of the molecule is CCCC[C@H]1C(=O)N(C)CC(=O)N[C@@H](CC(N)=O)C(=O)N[C@@H](C(C)C)C(=O)N(C)[C@@H](Cc2ccccc2)C(=O)N[C@@H](Cc2ccc(O)cc2)C(=O)N(C)CC(=O)N[C@@H](Cc2c[nH]c3ccccc23)C(=O)N[C@@H](Cc2ccc(O)cc2)C(=O)N[C@@H](CCCN)C(=O)N[C@H](C(=O)NCC(N)=O)CSCC(=O)N[C@@H](Cc2ccccc2)C(=O)N[C@@H](Cc2ccncc2)C(=O)N1C. The number of H-pyrrole nitrogens is 1. The molecule has 0 aliphatic carbocycles. The van der Waals surface area contributed by atoms with Gasteiger partial charge in [0.1, 0.15) is 78.0 Å². The highest BCUT2D eigenvalue weighted by molar-refractivity contribution is 8.00. The fourth-order valence-corrected chi connectivity index (χ4v) is 15.3. The molecule has 38 heteroatoms. The van der Waals surface area contributed by atoms with Crippen LogP contribution in [0.1, 0.15) is 92.7 Å². The predicted octanol–water partition coefficient (Wildman–Crippen LogP) is -0.527. The average Bonchev–Trinajstić information content (AvgIpc) is 1.59. The molecule has 5 aromatic carbocycles. The smallest absolute Gasteiger partial charge is 0.245 e. The first-order valence-corrected chi connectivity index (χ1v) is 43.2. The number of aromatic amines is 1. The van der Waals surface area contributed by atoms with Crippen molar-refractivity contribution < 1.29 is 86.9 Å². The molecule has 128 heavy (non-hydrogen) atoms. The van der Waals surface area contributed by atoms with E-state index in [1.54, 1.807) is 117 Å². The van der Waals surface area contributed by atoms with Gasteiger partial charge in [-0.15, -0.1) is 11.8 Å². The van der Waals surface area contributed by atoms with Crippen LogP contribution in [0.5, 0.6) is 11.5 Å². The summed E-state index contributed by atoms with van der Waals surface area (Å²) in [6, 6.07) is 21.6. The van der Waals surface area contributed by atoms with Gasteiger partial charge in [0.2, 0.25) is 94.5 Å². The summed E-state index contributed by atoms with van der Waals surface area (Å²) in [5.74, 6) is -16.7. The van der Waals surface area contributed by atoms with E-state index in [9.17, 15) is 53.4 Å². The van der Waals surface area contributed by atoms with Crippen LogP contribution in [-0.4, -0.2) is 267 Å². The second-order valence-corrected chi connectivity index (χ2v) is 32.9. The lowest BCUT2D eigenvalue weighted by Crippen LogP contribution is -2.61. The molecule has 1 saturated heterocycles. The van der Waals surface area contributed by atoms with E-state index in [1.807, 2.05) is 6.92 Å². The first-order chi connectivity index (χ1) is 61.1. The Balaban J connectivity index is 1.20. The Hall–Kier alpha value is -13.8. The van der Waals surface area contributed by atoms with Gasteiger partial charge < -0.3 is 105 Å². The second kappa shape index (κ2) is 49.2. The minimum Gasteiger partial charge on any atom is -0.508 e. The highest BCUT2D eigenvalue weighted by Crippen LogP contribution is 2.24. The minimum atomic E-state index is -1.79. The molecule has 0 bridgehead atoms. The number of aromatic hydroxyl groups is 2. The van der Waals surface area contributed by atoms with Crippen molar-refractivity contribution in [2.24, 2.45) is 23.1 Å². The molecule has 7 aromatic rings. The molecule has 0 spiro atoms. The lowest BCUT2D eigenvalue weighted by Gasteiger charge is -2.34. The third-order valence-corrected chi connectivity index (χ3v) is 22.6.